The average Bonchev–Trinajstić information content (AvgIpc) is 2.63. The molecule has 0 bridgehead atoms. The average molecular weight is 344 g/mol. The Kier molecular flexibility index (Phi) is 6.75. The quantitative estimate of drug-likeness (QED) is 0.686. The molecule has 0 aromatic heterocycles. The lowest BCUT2D eigenvalue weighted by Crippen LogP contribution is -2.12. The molecule has 0 fully saturated rings. The summed E-state index contributed by atoms with van der Waals surface area (Å²) in [5, 5.41) is 3.30. The Bertz CT molecular complexity index is 885. The predicted molar refractivity (Wildman–Crippen MR) is 110 cm³/mol. The lowest BCUT2D eigenvalue weighted by molar-refractivity contribution is 0.0999. The first-order chi connectivity index (χ1) is 12.5. The van der Waals surface area contributed by atoms with Crippen LogP contribution in [0.5, 0.6) is 0 Å². The molecule has 3 N–H and O–H groups in total. The van der Waals surface area contributed by atoms with Crippen LogP contribution in [0.4, 0.5) is 5.69 Å². The van der Waals surface area contributed by atoms with E-state index in [1.807, 2.05) is 61.5 Å². The number of para-hydroxylation sites is 1. The van der Waals surface area contributed by atoms with Gasteiger partial charge in [0.1, 0.15) is 0 Å². The predicted octanol–water partition coefficient (Wildman–Crippen LogP) is 5.17. The van der Waals surface area contributed by atoms with Crippen LogP contribution in [-0.4, -0.2) is 5.91 Å². The number of aryl methyl sites for hydroxylation is 2. The number of primary amides is 1. The van der Waals surface area contributed by atoms with Crippen LogP contribution in [0, 0.1) is 13.8 Å². The van der Waals surface area contributed by atoms with Crippen LogP contribution in [-0.2, 0) is 0 Å². The Balaban J connectivity index is 0.000000209. The van der Waals surface area contributed by atoms with Crippen molar-refractivity contribution in [2.24, 2.45) is 5.73 Å². The minimum absolute atomic E-state index is 0.363. The molecule has 0 atom stereocenters. The van der Waals surface area contributed by atoms with Gasteiger partial charge < -0.3 is 11.1 Å². The van der Waals surface area contributed by atoms with E-state index in [-0.39, 0.29) is 5.91 Å². The largest absolute Gasteiger partial charge is 0.366 e. The summed E-state index contributed by atoms with van der Waals surface area (Å²) in [6.45, 7) is 8.02. The smallest absolute Gasteiger partial charge is 0.248 e. The van der Waals surface area contributed by atoms with E-state index < -0.39 is 0 Å². The van der Waals surface area contributed by atoms with Gasteiger partial charge in [-0.3, -0.25) is 4.79 Å². The van der Waals surface area contributed by atoms with Crippen molar-refractivity contribution in [3.63, 3.8) is 0 Å². The van der Waals surface area contributed by atoms with Gasteiger partial charge in [-0.15, -0.1) is 0 Å². The molecule has 0 saturated carbocycles. The van der Waals surface area contributed by atoms with Crippen LogP contribution >= 0.6 is 0 Å². The molecule has 0 aliphatic carbocycles. The molecule has 0 aliphatic rings. The highest BCUT2D eigenvalue weighted by Gasteiger charge is 2.02. The number of nitrogens with one attached hydrogen (secondary N) is 1. The van der Waals surface area contributed by atoms with E-state index in [9.17, 15) is 4.79 Å². The Morgan fingerprint density at radius 2 is 1.23 bits per heavy atom. The number of hydrogen-bond acceptors (Lipinski definition) is 2. The van der Waals surface area contributed by atoms with Gasteiger partial charge in [0, 0.05) is 22.5 Å². The number of amides is 1. The van der Waals surface area contributed by atoms with Crippen molar-refractivity contribution in [1.29, 1.82) is 0 Å². The summed E-state index contributed by atoms with van der Waals surface area (Å²) < 4.78 is 0. The number of rotatable bonds is 4. The highest BCUT2D eigenvalue weighted by Crippen LogP contribution is 2.19. The summed E-state index contributed by atoms with van der Waals surface area (Å²) in [7, 11) is 0. The number of anilines is 1. The molecular weight excluding hydrogens is 320 g/mol. The van der Waals surface area contributed by atoms with E-state index >= 15 is 0 Å². The van der Waals surface area contributed by atoms with Crippen molar-refractivity contribution >= 4 is 17.3 Å². The highest BCUT2D eigenvalue weighted by molar-refractivity contribution is 5.94. The van der Waals surface area contributed by atoms with Crippen LogP contribution in [0.25, 0.3) is 5.70 Å². The summed E-state index contributed by atoms with van der Waals surface area (Å²) in [4.78, 5) is 10.6. The Hall–Kier alpha value is -3.33. The third kappa shape index (κ3) is 5.35. The first-order valence-corrected chi connectivity index (χ1v) is 8.41. The van der Waals surface area contributed by atoms with E-state index in [0.29, 0.717) is 5.56 Å². The summed E-state index contributed by atoms with van der Waals surface area (Å²) in [6, 6.07) is 25.6. The standard InChI is InChI=1S/C15H15N.C8H9NO/c1-12-8-6-7-11-15(12)13(2)16-14-9-4-3-5-10-14;1-6-4-2-3-5-7(6)8(9)10/h3-11,16H,2H2,1H3;2-5H,1H3,(H2,9,10). The summed E-state index contributed by atoms with van der Waals surface area (Å²) >= 11 is 0. The monoisotopic (exact) mass is 344 g/mol. The Morgan fingerprint density at radius 1 is 0.769 bits per heavy atom. The molecule has 0 spiro atoms. The lowest BCUT2D eigenvalue weighted by atomic mass is 10.1. The molecule has 3 aromatic rings. The molecular formula is C23H24N2O. The summed E-state index contributed by atoms with van der Waals surface area (Å²) in [6.07, 6.45) is 0. The minimum atomic E-state index is -0.363. The second-order valence-corrected chi connectivity index (χ2v) is 5.96. The maximum absolute atomic E-state index is 10.6. The van der Waals surface area contributed by atoms with Gasteiger partial charge in [-0.1, -0.05) is 67.2 Å². The number of hydrogen-bond donors (Lipinski definition) is 2. The molecule has 0 unspecified atom stereocenters. The number of carbonyl (C=O) groups excluding carboxylic acids is 1. The van der Waals surface area contributed by atoms with Gasteiger partial charge in [0.05, 0.1) is 0 Å². The molecule has 3 rings (SSSR count). The normalized spacial score (nSPS) is 9.62. The van der Waals surface area contributed by atoms with E-state index in [2.05, 4.69) is 31.0 Å². The molecule has 0 aliphatic heterocycles. The van der Waals surface area contributed by atoms with Crippen molar-refractivity contribution in [3.05, 3.63) is 108 Å². The number of benzene rings is 3. The Labute approximate surface area is 155 Å². The van der Waals surface area contributed by atoms with Crippen molar-refractivity contribution in [2.45, 2.75) is 13.8 Å². The molecule has 0 heterocycles. The molecule has 3 heteroatoms. The topological polar surface area (TPSA) is 55.1 Å². The van der Waals surface area contributed by atoms with E-state index in [1.165, 1.54) is 5.56 Å². The van der Waals surface area contributed by atoms with Crippen molar-refractivity contribution < 1.29 is 4.79 Å². The van der Waals surface area contributed by atoms with E-state index in [0.717, 1.165) is 22.5 Å². The van der Waals surface area contributed by atoms with Gasteiger partial charge in [-0.2, -0.15) is 0 Å². The van der Waals surface area contributed by atoms with Crippen LogP contribution in [0.15, 0.2) is 85.4 Å². The fraction of sp³-hybridized carbons (Fsp3) is 0.0870. The summed E-state index contributed by atoms with van der Waals surface area (Å²) in [5.74, 6) is -0.363. The van der Waals surface area contributed by atoms with Crippen LogP contribution in [0.1, 0.15) is 27.0 Å². The maximum atomic E-state index is 10.6. The van der Waals surface area contributed by atoms with Crippen molar-refractivity contribution in [2.75, 3.05) is 5.32 Å². The first kappa shape index (κ1) is 19.0. The SMILES string of the molecule is C=C(Nc1ccccc1)c1ccccc1C.Cc1ccccc1C(N)=O. The second kappa shape index (κ2) is 9.23. The lowest BCUT2D eigenvalue weighted by Gasteiger charge is -2.11. The van der Waals surface area contributed by atoms with E-state index in [4.69, 9.17) is 5.73 Å². The van der Waals surface area contributed by atoms with Gasteiger partial charge in [-0.25, -0.2) is 0 Å². The highest BCUT2D eigenvalue weighted by atomic mass is 16.1. The van der Waals surface area contributed by atoms with Crippen molar-refractivity contribution in [3.8, 4) is 0 Å². The Morgan fingerprint density at radius 3 is 1.69 bits per heavy atom. The minimum Gasteiger partial charge on any atom is -0.366 e. The zero-order valence-electron chi connectivity index (χ0n) is 15.2. The summed E-state index contributed by atoms with van der Waals surface area (Å²) in [5.41, 5.74) is 11.0. The number of carbonyl (C=O) groups is 1. The molecule has 26 heavy (non-hydrogen) atoms. The van der Waals surface area contributed by atoms with Gasteiger partial charge in [0.2, 0.25) is 5.91 Å². The van der Waals surface area contributed by atoms with Crippen LogP contribution < -0.4 is 11.1 Å². The van der Waals surface area contributed by atoms with E-state index in [1.54, 1.807) is 12.1 Å². The molecule has 132 valence electrons. The molecule has 0 radical (unpaired) electrons. The zero-order chi connectivity index (χ0) is 18.9. The van der Waals surface area contributed by atoms with Crippen LogP contribution in [0.2, 0.25) is 0 Å². The molecule has 1 amide bonds. The third-order valence-corrected chi connectivity index (χ3v) is 3.95. The van der Waals surface area contributed by atoms with Gasteiger partial charge in [0.25, 0.3) is 0 Å². The van der Waals surface area contributed by atoms with Crippen LogP contribution in [0.3, 0.4) is 0 Å². The van der Waals surface area contributed by atoms with Gasteiger partial charge >= 0.3 is 0 Å². The molecule has 0 saturated heterocycles. The fourth-order valence-corrected chi connectivity index (χ4v) is 2.52. The van der Waals surface area contributed by atoms with Gasteiger partial charge in [-0.05, 0) is 43.2 Å². The second-order valence-electron chi connectivity index (χ2n) is 5.96. The van der Waals surface area contributed by atoms with Gasteiger partial charge in [0.15, 0.2) is 0 Å². The fourth-order valence-electron chi connectivity index (χ4n) is 2.52. The molecule has 3 aromatic carbocycles. The first-order valence-electron chi connectivity index (χ1n) is 8.41. The zero-order valence-corrected chi connectivity index (χ0v) is 15.2. The third-order valence-electron chi connectivity index (χ3n) is 3.95. The maximum Gasteiger partial charge on any atom is 0.248 e. The molecule has 3 nitrogen and oxygen atoms in total. The number of nitrogens with two attached hydrogens (primary N) is 1. The van der Waals surface area contributed by atoms with Crippen molar-refractivity contribution in [1.82, 2.24) is 0 Å².